The van der Waals surface area contributed by atoms with Gasteiger partial charge in [-0.1, -0.05) is 18.6 Å². The van der Waals surface area contributed by atoms with Gasteiger partial charge in [-0.15, -0.1) is 24.0 Å². The van der Waals surface area contributed by atoms with Gasteiger partial charge < -0.3 is 20.3 Å². The third-order valence-electron chi connectivity index (χ3n) is 4.73. The fourth-order valence-corrected chi connectivity index (χ4v) is 3.03. The average molecular weight is 472 g/mol. The Morgan fingerprint density at radius 3 is 2.73 bits per heavy atom. The first-order valence-electron chi connectivity index (χ1n) is 9.27. The monoisotopic (exact) mass is 472 g/mol. The van der Waals surface area contributed by atoms with Crippen molar-refractivity contribution in [1.82, 2.24) is 10.2 Å². The van der Waals surface area contributed by atoms with E-state index in [1.54, 1.807) is 0 Å². The lowest BCUT2D eigenvalue weighted by Gasteiger charge is -2.30. The van der Waals surface area contributed by atoms with E-state index in [1.807, 2.05) is 24.3 Å². The summed E-state index contributed by atoms with van der Waals surface area (Å²) in [5, 5.41) is 6.38. The quantitative estimate of drug-likeness (QED) is 0.393. The molecule has 7 heteroatoms. The number of halogens is 1. The lowest BCUT2D eigenvalue weighted by Crippen LogP contribution is -2.47. The van der Waals surface area contributed by atoms with E-state index in [4.69, 9.17) is 9.73 Å². The molecule has 0 atom stereocenters. The maximum Gasteiger partial charge on any atom is 0.227 e. The molecule has 26 heavy (non-hydrogen) atoms. The minimum absolute atomic E-state index is 0. The predicted octanol–water partition coefficient (Wildman–Crippen LogP) is 2.84. The van der Waals surface area contributed by atoms with Gasteiger partial charge in [-0.05, 0) is 37.5 Å². The molecule has 2 fully saturated rings. The highest BCUT2D eigenvalue weighted by Gasteiger charge is 2.25. The van der Waals surface area contributed by atoms with E-state index in [0.717, 1.165) is 62.9 Å². The fourth-order valence-electron chi connectivity index (χ4n) is 3.03. The minimum Gasteiger partial charge on any atom is -0.378 e. The number of carbonyl (C=O) groups is 1. The molecular weight excluding hydrogens is 443 g/mol. The van der Waals surface area contributed by atoms with Crippen LogP contribution >= 0.6 is 24.0 Å². The number of amides is 1. The van der Waals surface area contributed by atoms with Crippen LogP contribution in [0.2, 0.25) is 0 Å². The molecule has 1 heterocycles. The molecule has 1 saturated heterocycles. The van der Waals surface area contributed by atoms with Gasteiger partial charge in [0.15, 0.2) is 5.96 Å². The summed E-state index contributed by atoms with van der Waals surface area (Å²) >= 11 is 0. The van der Waals surface area contributed by atoms with Crippen molar-refractivity contribution in [2.75, 3.05) is 38.2 Å². The van der Waals surface area contributed by atoms with Crippen LogP contribution in [0.25, 0.3) is 0 Å². The summed E-state index contributed by atoms with van der Waals surface area (Å²) in [5.41, 5.74) is 1.95. The molecule has 1 aromatic rings. The van der Waals surface area contributed by atoms with Crippen LogP contribution in [-0.2, 0) is 16.1 Å². The van der Waals surface area contributed by atoms with Crippen molar-refractivity contribution in [1.29, 1.82) is 0 Å². The molecule has 0 aromatic heterocycles. The van der Waals surface area contributed by atoms with E-state index in [9.17, 15) is 4.79 Å². The summed E-state index contributed by atoms with van der Waals surface area (Å²) in [7, 11) is 0. The summed E-state index contributed by atoms with van der Waals surface area (Å²) in [4.78, 5) is 19.1. The maximum absolute atomic E-state index is 12.1. The van der Waals surface area contributed by atoms with Crippen molar-refractivity contribution in [2.45, 2.75) is 32.7 Å². The van der Waals surface area contributed by atoms with E-state index >= 15 is 0 Å². The molecule has 144 valence electrons. The van der Waals surface area contributed by atoms with Crippen LogP contribution in [0.15, 0.2) is 29.3 Å². The SMILES string of the molecule is CCNC(=NCc1cccc(NC(=O)C2CCC2)c1)N1CCOCC1.I. The number of ether oxygens (including phenoxy) is 1. The van der Waals surface area contributed by atoms with E-state index in [2.05, 4.69) is 22.5 Å². The molecule has 3 rings (SSSR count). The van der Waals surface area contributed by atoms with Crippen LogP contribution in [0.5, 0.6) is 0 Å². The van der Waals surface area contributed by atoms with Crippen molar-refractivity contribution in [3.63, 3.8) is 0 Å². The van der Waals surface area contributed by atoms with Gasteiger partial charge in [-0.25, -0.2) is 4.99 Å². The number of carbonyl (C=O) groups excluding carboxylic acids is 1. The van der Waals surface area contributed by atoms with E-state index in [-0.39, 0.29) is 35.8 Å². The number of hydrogen-bond acceptors (Lipinski definition) is 3. The summed E-state index contributed by atoms with van der Waals surface area (Å²) in [6, 6.07) is 7.98. The first kappa shape index (κ1) is 21.0. The number of anilines is 1. The predicted molar refractivity (Wildman–Crippen MR) is 115 cm³/mol. The third kappa shape index (κ3) is 5.84. The number of benzene rings is 1. The van der Waals surface area contributed by atoms with Gasteiger partial charge in [0, 0.05) is 31.2 Å². The van der Waals surface area contributed by atoms with Gasteiger partial charge >= 0.3 is 0 Å². The number of rotatable bonds is 5. The molecule has 6 nitrogen and oxygen atoms in total. The molecule has 0 bridgehead atoms. The van der Waals surface area contributed by atoms with Gasteiger partial charge in [-0.3, -0.25) is 4.79 Å². The largest absolute Gasteiger partial charge is 0.378 e. The Balaban J connectivity index is 0.00000243. The van der Waals surface area contributed by atoms with Crippen molar-refractivity contribution in [3.05, 3.63) is 29.8 Å². The summed E-state index contributed by atoms with van der Waals surface area (Å²) in [6.45, 7) is 6.72. The number of hydrogen-bond donors (Lipinski definition) is 2. The number of nitrogens with one attached hydrogen (secondary N) is 2. The summed E-state index contributed by atoms with van der Waals surface area (Å²) in [5.74, 6) is 1.27. The molecule has 1 saturated carbocycles. The van der Waals surface area contributed by atoms with Crippen LogP contribution in [0.1, 0.15) is 31.7 Å². The van der Waals surface area contributed by atoms with Crippen molar-refractivity contribution < 1.29 is 9.53 Å². The van der Waals surface area contributed by atoms with Crippen LogP contribution in [-0.4, -0.2) is 49.6 Å². The van der Waals surface area contributed by atoms with Crippen LogP contribution < -0.4 is 10.6 Å². The second-order valence-corrected chi connectivity index (χ2v) is 6.59. The highest BCUT2D eigenvalue weighted by atomic mass is 127. The molecule has 1 aliphatic heterocycles. The Kier molecular flexibility index (Phi) is 8.64. The van der Waals surface area contributed by atoms with Crippen molar-refractivity contribution >= 4 is 41.5 Å². The third-order valence-corrected chi connectivity index (χ3v) is 4.73. The molecule has 0 radical (unpaired) electrons. The van der Waals surface area contributed by atoms with Crippen LogP contribution in [0.4, 0.5) is 5.69 Å². The molecule has 0 unspecified atom stereocenters. The van der Waals surface area contributed by atoms with Gasteiger partial charge in [0.05, 0.1) is 19.8 Å². The molecular formula is C19H29IN4O2. The average Bonchev–Trinajstić information content (AvgIpc) is 2.58. The molecule has 1 aromatic carbocycles. The maximum atomic E-state index is 12.1. The van der Waals surface area contributed by atoms with E-state index in [0.29, 0.717) is 6.54 Å². The standard InChI is InChI=1S/C19H28N4O2.HI/c1-2-20-19(23-9-11-25-12-10-23)21-14-15-5-3-8-17(13-15)22-18(24)16-6-4-7-16;/h3,5,8,13,16H,2,4,6-7,9-12,14H2,1H3,(H,20,21)(H,22,24);1H. The molecule has 2 aliphatic rings. The molecule has 1 amide bonds. The number of guanidine groups is 1. The Morgan fingerprint density at radius 2 is 2.08 bits per heavy atom. The van der Waals surface area contributed by atoms with Gasteiger partial charge in [-0.2, -0.15) is 0 Å². The lowest BCUT2D eigenvalue weighted by molar-refractivity contribution is -0.122. The van der Waals surface area contributed by atoms with Gasteiger partial charge in [0.25, 0.3) is 0 Å². The first-order chi connectivity index (χ1) is 12.3. The fraction of sp³-hybridized carbons (Fsp3) is 0.579. The van der Waals surface area contributed by atoms with Gasteiger partial charge in [0.2, 0.25) is 5.91 Å². The highest BCUT2D eigenvalue weighted by molar-refractivity contribution is 14.0. The topological polar surface area (TPSA) is 66.0 Å². The van der Waals surface area contributed by atoms with E-state index < -0.39 is 0 Å². The number of aliphatic imine (C=N–C) groups is 1. The number of nitrogens with zero attached hydrogens (tertiary/aromatic N) is 2. The normalized spacial score (nSPS) is 17.9. The highest BCUT2D eigenvalue weighted by Crippen LogP contribution is 2.27. The zero-order valence-corrected chi connectivity index (χ0v) is 17.7. The van der Waals surface area contributed by atoms with E-state index in [1.165, 1.54) is 6.42 Å². The minimum atomic E-state index is 0. The van der Waals surface area contributed by atoms with Crippen molar-refractivity contribution in [2.24, 2.45) is 10.9 Å². The first-order valence-corrected chi connectivity index (χ1v) is 9.27. The van der Waals surface area contributed by atoms with Crippen LogP contribution in [0.3, 0.4) is 0 Å². The Hall–Kier alpha value is -1.35. The summed E-state index contributed by atoms with van der Waals surface area (Å²) in [6.07, 6.45) is 3.20. The zero-order chi connectivity index (χ0) is 17.5. The van der Waals surface area contributed by atoms with Gasteiger partial charge in [0.1, 0.15) is 0 Å². The Bertz CT molecular complexity index is 613. The lowest BCUT2D eigenvalue weighted by atomic mass is 9.85. The molecule has 0 spiro atoms. The Morgan fingerprint density at radius 1 is 1.31 bits per heavy atom. The van der Waals surface area contributed by atoms with Crippen LogP contribution in [0, 0.1) is 5.92 Å². The molecule has 1 aliphatic carbocycles. The zero-order valence-electron chi connectivity index (χ0n) is 15.4. The second-order valence-electron chi connectivity index (χ2n) is 6.59. The summed E-state index contributed by atoms with van der Waals surface area (Å²) < 4.78 is 5.41. The van der Waals surface area contributed by atoms with Crippen molar-refractivity contribution in [3.8, 4) is 0 Å². The molecule has 2 N–H and O–H groups in total. The second kappa shape index (κ2) is 10.7. The Labute approximate surface area is 172 Å². The smallest absolute Gasteiger partial charge is 0.227 e. The number of morpholine rings is 1.